The molecule has 1 aromatic carbocycles. The topological polar surface area (TPSA) is 77.4 Å². The van der Waals surface area contributed by atoms with Gasteiger partial charge in [-0.1, -0.05) is 23.2 Å². The van der Waals surface area contributed by atoms with Gasteiger partial charge in [0.25, 0.3) is 5.56 Å². The van der Waals surface area contributed by atoms with Crippen molar-refractivity contribution in [3.63, 3.8) is 0 Å². The number of nitrogens with zero attached hydrogens (tertiary/aromatic N) is 2. The van der Waals surface area contributed by atoms with E-state index in [9.17, 15) is 14.7 Å². The molecule has 0 radical (unpaired) electrons. The first-order chi connectivity index (χ1) is 11.8. The molecular weight excluding hydrogens is 367 g/mol. The van der Waals surface area contributed by atoms with E-state index in [1.165, 1.54) is 14.1 Å². The summed E-state index contributed by atoms with van der Waals surface area (Å²) in [6, 6.07) is 8.53. The van der Waals surface area contributed by atoms with Gasteiger partial charge in [0, 0.05) is 26.1 Å². The summed E-state index contributed by atoms with van der Waals surface area (Å²) in [7, 11) is 2.75. The number of hydrogen-bond donors (Lipinski definition) is 1. The van der Waals surface area contributed by atoms with E-state index in [2.05, 4.69) is 0 Å². The van der Waals surface area contributed by atoms with Gasteiger partial charge < -0.3 is 9.52 Å². The lowest BCUT2D eigenvalue weighted by molar-refractivity contribution is 0.401. The van der Waals surface area contributed by atoms with Crippen LogP contribution >= 0.6 is 23.2 Å². The normalized spacial score (nSPS) is 11.0. The highest BCUT2D eigenvalue weighted by molar-refractivity contribution is 6.42. The predicted molar refractivity (Wildman–Crippen MR) is 95.6 cm³/mol. The quantitative estimate of drug-likeness (QED) is 0.757. The molecule has 0 amide bonds. The van der Waals surface area contributed by atoms with Gasteiger partial charge in [-0.2, -0.15) is 0 Å². The number of halogens is 2. The Labute approximate surface area is 152 Å². The average Bonchev–Trinajstić information content (AvgIpc) is 3.06. The second-order valence-electron chi connectivity index (χ2n) is 5.58. The van der Waals surface area contributed by atoms with Crippen molar-refractivity contribution in [2.45, 2.75) is 6.42 Å². The zero-order chi connectivity index (χ0) is 18.3. The lowest BCUT2D eigenvalue weighted by atomic mass is 10.1. The Kier molecular flexibility index (Phi) is 4.49. The van der Waals surface area contributed by atoms with Crippen molar-refractivity contribution in [3.05, 3.63) is 72.5 Å². The fraction of sp³-hybridized carbons (Fsp3) is 0.176. The molecule has 3 aromatic rings. The molecule has 0 bridgehead atoms. The molecule has 25 heavy (non-hydrogen) atoms. The van der Waals surface area contributed by atoms with Crippen LogP contribution in [0.1, 0.15) is 11.3 Å². The molecule has 3 rings (SSSR count). The van der Waals surface area contributed by atoms with Gasteiger partial charge in [0.2, 0.25) is 5.88 Å². The van der Waals surface area contributed by atoms with E-state index in [1.807, 2.05) is 0 Å². The van der Waals surface area contributed by atoms with Gasteiger partial charge in [0.1, 0.15) is 11.5 Å². The molecular formula is C17H14Cl2N2O4. The second-order valence-corrected chi connectivity index (χ2v) is 6.39. The minimum atomic E-state index is -0.595. The molecule has 0 saturated heterocycles. The molecule has 6 nitrogen and oxygen atoms in total. The lowest BCUT2D eigenvalue weighted by Crippen LogP contribution is -2.38. The highest BCUT2D eigenvalue weighted by atomic mass is 35.5. The van der Waals surface area contributed by atoms with Crippen molar-refractivity contribution in [1.29, 1.82) is 0 Å². The summed E-state index contributed by atoms with van der Waals surface area (Å²) in [5, 5.41) is 11.0. The first-order valence-corrected chi connectivity index (χ1v) is 8.07. The number of benzene rings is 1. The summed E-state index contributed by atoms with van der Waals surface area (Å²) >= 11 is 11.9. The maximum Gasteiger partial charge on any atom is 0.333 e. The molecule has 1 N–H and O–H groups in total. The molecule has 0 saturated carbocycles. The van der Waals surface area contributed by atoms with Gasteiger partial charge in [-0.3, -0.25) is 13.9 Å². The number of aromatic hydroxyl groups is 1. The summed E-state index contributed by atoms with van der Waals surface area (Å²) in [6.45, 7) is 0. The maximum absolute atomic E-state index is 12.2. The Hall–Kier alpha value is -2.44. The number of rotatable bonds is 3. The Bertz CT molecular complexity index is 1080. The van der Waals surface area contributed by atoms with Crippen molar-refractivity contribution < 1.29 is 9.52 Å². The monoisotopic (exact) mass is 380 g/mol. The van der Waals surface area contributed by atoms with Gasteiger partial charge in [-0.05, 0) is 30.3 Å². The van der Waals surface area contributed by atoms with Crippen molar-refractivity contribution in [2.75, 3.05) is 0 Å². The van der Waals surface area contributed by atoms with Crippen LogP contribution in [-0.4, -0.2) is 14.2 Å². The van der Waals surface area contributed by atoms with Gasteiger partial charge in [0.15, 0.2) is 0 Å². The van der Waals surface area contributed by atoms with E-state index >= 15 is 0 Å². The second kappa shape index (κ2) is 6.46. The lowest BCUT2D eigenvalue weighted by Gasteiger charge is -2.09. The van der Waals surface area contributed by atoms with Crippen LogP contribution in [0.2, 0.25) is 10.0 Å². The summed E-state index contributed by atoms with van der Waals surface area (Å²) in [4.78, 5) is 24.0. The highest BCUT2D eigenvalue weighted by Gasteiger charge is 2.17. The van der Waals surface area contributed by atoms with Crippen LogP contribution in [0.3, 0.4) is 0 Å². The van der Waals surface area contributed by atoms with E-state index in [-0.39, 0.29) is 17.9 Å². The summed E-state index contributed by atoms with van der Waals surface area (Å²) in [5.74, 6) is 0.641. The van der Waals surface area contributed by atoms with Crippen LogP contribution in [0.15, 0.2) is 44.3 Å². The Morgan fingerprint density at radius 1 is 1.04 bits per heavy atom. The third-order valence-corrected chi connectivity index (χ3v) is 4.68. The molecule has 0 fully saturated rings. The Balaban J connectivity index is 1.99. The first-order valence-electron chi connectivity index (χ1n) is 7.31. The van der Waals surface area contributed by atoms with Crippen LogP contribution < -0.4 is 11.2 Å². The van der Waals surface area contributed by atoms with Gasteiger partial charge >= 0.3 is 5.69 Å². The minimum Gasteiger partial charge on any atom is -0.494 e. The third kappa shape index (κ3) is 3.10. The summed E-state index contributed by atoms with van der Waals surface area (Å²) in [6.07, 6.45) is 0.0496. The van der Waals surface area contributed by atoms with Crippen molar-refractivity contribution in [2.24, 2.45) is 14.1 Å². The van der Waals surface area contributed by atoms with E-state index in [4.69, 9.17) is 27.6 Å². The van der Waals surface area contributed by atoms with Gasteiger partial charge in [-0.25, -0.2) is 4.79 Å². The van der Waals surface area contributed by atoms with Gasteiger partial charge in [-0.15, -0.1) is 0 Å². The number of furan rings is 1. The fourth-order valence-electron chi connectivity index (χ4n) is 2.51. The van der Waals surface area contributed by atoms with E-state index < -0.39 is 11.2 Å². The highest BCUT2D eigenvalue weighted by Crippen LogP contribution is 2.30. The smallest absolute Gasteiger partial charge is 0.333 e. The van der Waals surface area contributed by atoms with Crippen LogP contribution in [-0.2, 0) is 20.5 Å². The van der Waals surface area contributed by atoms with E-state index in [0.717, 1.165) is 14.7 Å². The van der Waals surface area contributed by atoms with Crippen LogP contribution in [0.5, 0.6) is 5.88 Å². The number of hydrogen-bond acceptors (Lipinski definition) is 4. The largest absolute Gasteiger partial charge is 0.494 e. The molecule has 130 valence electrons. The summed E-state index contributed by atoms with van der Waals surface area (Å²) in [5.41, 5.74) is -0.340. The van der Waals surface area contributed by atoms with Crippen LogP contribution in [0.4, 0.5) is 0 Å². The zero-order valence-corrected chi connectivity index (χ0v) is 14.9. The first kappa shape index (κ1) is 17.4. The molecule has 2 heterocycles. The van der Waals surface area contributed by atoms with Crippen LogP contribution in [0, 0.1) is 0 Å². The molecule has 0 aliphatic rings. The molecule has 0 unspecified atom stereocenters. The van der Waals surface area contributed by atoms with Crippen molar-refractivity contribution in [1.82, 2.24) is 9.13 Å². The molecule has 8 heteroatoms. The fourth-order valence-corrected chi connectivity index (χ4v) is 2.81. The minimum absolute atomic E-state index is 0.0496. The molecule has 0 atom stereocenters. The van der Waals surface area contributed by atoms with E-state index in [0.29, 0.717) is 21.6 Å². The molecule has 0 aliphatic heterocycles. The number of aromatic nitrogens is 2. The van der Waals surface area contributed by atoms with E-state index in [1.54, 1.807) is 30.3 Å². The average molecular weight is 381 g/mol. The Morgan fingerprint density at radius 3 is 2.44 bits per heavy atom. The zero-order valence-electron chi connectivity index (χ0n) is 13.4. The third-order valence-electron chi connectivity index (χ3n) is 3.94. The predicted octanol–water partition coefficient (Wildman–Crippen LogP) is 2.95. The van der Waals surface area contributed by atoms with Gasteiger partial charge in [0.05, 0.1) is 15.6 Å². The SMILES string of the molecule is Cn1c(O)c(Cc2ccc(-c3ccc(Cl)c(Cl)c3)o2)c(=O)n(C)c1=O. The molecule has 0 spiro atoms. The molecule has 2 aromatic heterocycles. The Morgan fingerprint density at radius 2 is 1.76 bits per heavy atom. The summed E-state index contributed by atoms with van der Waals surface area (Å²) < 4.78 is 7.70. The van der Waals surface area contributed by atoms with Crippen molar-refractivity contribution >= 4 is 23.2 Å². The van der Waals surface area contributed by atoms with Crippen LogP contribution in [0.25, 0.3) is 11.3 Å². The molecule has 0 aliphatic carbocycles. The standard InChI is InChI=1S/C17H14Cl2N2O4/c1-20-15(22)11(16(23)21(2)17(20)24)8-10-4-6-14(25-10)9-3-5-12(18)13(19)7-9/h3-7,22H,8H2,1-2H3. The van der Waals surface area contributed by atoms with Crippen molar-refractivity contribution in [3.8, 4) is 17.2 Å². The maximum atomic E-state index is 12.2.